The molecule has 0 fully saturated rings. The lowest BCUT2D eigenvalue weighted by molar-refractivity contribution is -0.118. The quantitative estimate of drug-likeness (QED) is 0.852. The van der Waals surface area contributed by atoms with Crippen molar-refractivity contribution >= 4 is 28.2 Å². The van der Waals surface area contributed by atoms with E-state index >= 15 is 0 Å². The molecular weight excluding hydrogens is 226 g/mol. The molecule has 94 valence electrons. The van der Waals surface area contributed by atoms with Crippen LogP contribution in [0.15, 0.2) is 24.3 Å². The van der Waals surface area contributed by atoms with E-state index in [4.69, 9.17) is 5.73 Å². The van der Waals surface area contributed by atoms with Crippen molar-refractivity contribution in [3.05, 3.63) is 30.0 Å². The normalized spacial score (nSPS) is 10.9. The SMILES string of the molecule is Cc1cc(N)c2cc(NC(=O)C(C)C)ccc2n1. The number of nitrogens with one attached hydrogen (secondary N) is 1. The Balaban J connectivity index is 2.41. The summed E-state index contributed by atoms with van der Waals surface area (Å²) in [6, 6.07) is 7.40. The topological polar surface area (TPSA) is 68.0 Å². The molecule has 1 amide bonds. The highest BCUT2D eigenvalue weighted by Gasteiger charge is 2.08. The van der Waals surface area contributed by atoms with Crippen LogP contribution in [-0.2, 0) is 4.79 Å². The number of pyridine rings is 1. The Labute approximate surface area is 106 Å². The first-order valence-electron chi connectivity index (χ1n) is 5.95. The molecule has 0 aliphatic heterocycles. The molecule has 1 aromatic carbocycles. The number of amides is 1. The fourth-order valence-corrected chi connectivity index (χ4v) is 1.75. The molecule has 2 rings (SSSR count). The van der Waals surface area contributed by atoms with Gasteiger partial charge in [-0.2, -0.15) is 0 Å². The first-order valence-corrected chi connectivity index (χ1v) is 5.95. The number of nitrogens with zero attached hydrogens (tertiary/aromatic N) is 1. The first-order chi connectivity index (χ1) is 8.47. The number of hydrogen-bond donors (Lipinski definition) is 2. The van der Waals surface area contributed by atoms with Gasteiger partial charge in [0.05, 0.1) is 5.52 Å². The molecule has 1 heterocycles. The molecule has 0 unspecified atom stereocenters. The second-order valence-electron chi connectivity index (χ2n) is 4.73. The molecule has 2 aromatic rings. The molecule has 4 nitrogen and oxygen atoms in total. The molecule has 0 aliphatic rings. The van der Waals surface area contributed by atoms with E-state index in [1.165, 1.54) is 0 Å². The van der Waals surface area contributed by atoms with Crippen molar-refractivity contribution in [1.29, 1.82) is 0 Å². The minimum Gasteiger partial charge on any atom is -0.398 e. The summed E-state index contributed by atoms with van der Waals surface area (Å²) in [5.41, 5.74) is 9.12. The van der Waals surface area contributed by atoms with E-state index in [2.05, 4.69) is 10.3 Å². The van der Waals surface area contributed by atoms with Crippen LogP contribution in [0.25, 0.3) is 10.9 Å². The zero-order valence-corrected chi connectivity index (χ0v) is 10.8. The summed E-state index contributed by atoms with van der Waals surface area (Å²) in [7, 11) is 0. The molecule has 0 atom stereocenters. The Hall–Kier alpha value is -2.10. The maximum absolute atomic E-state index is 11.6. The molecule has 3 N–H and O–H groups in total. The van der Waals surface area contributed by atoms with E-state index in [-0.39, 0.29) is 11.8 Å². The molecule has 0 aliphatic carbocycles. The van der Waals surface area contributed by atoms with Crippen LogP contribution < -0.4 is 11.1 Å². The number of hydrogen-bond acceptors (Lipinski definition) is 3. The van der Waals surface area contributed by atoms with Gasteiger partial charge in [0.25, 0.3) is 0 Å². The van der Waals surface area contributed by atoms with E-state index in [9.17, 15) is 4.79 Å². The average molecular weight is 243 g/mol. The van der Waals surface area contributed by atoms with Crippen molar-refractivity contribution in [3.8, 4) is 0 Å². The lowest BCUT2D eigenvalue weighted by Gasteiger charge is -2.09. The van der Waals surface area contributed by atoms with E-state index in [1.807, 2.05) is 45.0 Å². The second-order valence-corrected chi connectivity index (χ2v) is 4.73. The monoisotopic (exact) mass is 243 g/mol. The predicted molar refractivity (Wildman–Crippen MR) is 74.4 cm³/mol. The number of rotatable bonds is 2. The number of fused-ring (bicyclic) bond motifs is 1. The van der Waals surface area contributed by atoms with Crippen molar-refractivity contribution < 1.29 is 4.79 Å². The molecule has 0 spiro atoms. The van der Waals surface area contributed by atoms with Gasteiger partial charge in [0.2, 0.25) is 5.91 Å². The van der Waals surface area contributed by atoms with Crippen LogP contribution in [0.3, 0.4) is 0 Å². The van der Waals surface area contributed by atoms with E-state index in [0.29, 0.717) is 5.69 Å². The number of aryl methyl sites for hydroxylation is 1. The fourth-order valence-electron chi connectivity index (χ4n) is 1.75. The van der Waals surface area contributed by atoms with Gasteiger partial charge in [-0.25, -0.2) is 0 Å². The van der Waals surface area contributed by atoms with Gasteiger partial charge in [-0.05, 0) is 31.2 Å². The van der Waals surface area contributed by atoms with E-state index in [0.717, 1.165) is 22.3 Å². The molecule has 4 heteroatoms. The Morgan fingerprint density at radius 2 is 2.06 bits per heavy atom. The van der Waals surface area contributed by atoms with Crippen LogP contribution in [0, 0.1) is 12.8 Å². The number of carbonyl (C=O) groups is 1. The van der Waals surface area contributed by atoms with Crippen LogP contribution in [0.5, 0.6) is 0 Å². The van der Waals surface area contributed by atoms with Crippen LogP contribution in [0.2, 0.25) is 0 Å². The first kappa shape index (κ1) is 12.4. The highest BCUT2D eigenvalue weighted by atomic mass is 16.1. The van der Waals surface area contributed by atoms with Crippen molar-refractivity contribution in [3.63, 3.8) is 0 Å². The molecule has 18 heavy (non-hydrogen) atoms. The molecule has 0 bridgehead atoms. The number of anilines is 2. The highest BCUT2D eigenvalue weighted by Crippen LogP contribution is 2.24. The zero-order valence-electron chi connectivity index (χ0n) is 10.8. The number of nitrogen functional groups attached to an aromatic ring is 1. The smallest absolute Gasteiger partial charge is 0.226 e. The fraction of sp³-hybridized carbons (Fsp3) is 0.286. The minimum atomic E-state index is -0.0470. The van der Waals surface area contributed by atoms with Crippen molar-refractivity contribution in [1.82, 2.24) is 4.98 Å². The van der Waals surface area contributed by atoms with Gasteiger partial charge in [0, 0.05) is 28.4 Å². The Morgan fingerprint density at radius 1 is 1.33 bits per heavy atom. The summed E-state index contributed by atoms with van der Waals surface area (Å²) in [4.78, 5) is 16.0. The van der Waals surface area contributed by atoms with Crippen LogP contribution >= 0.6 is 0 Å². The van der Waals surface area contributed by atoms with Crippen molar-refractivity contribution in [2.24, 2.45) is 5.92 Å². The van der Waals surface area contributed by atoms with Gasteiger partial charge >= 0.3 is 0 Å². The summed E-state index contributed by atoms with van der Waals surface area (Å²) in [5.74, 6) is -0.0535. The van der Waals surface area contributed by atoms with E-state index < -0.39 is 0 Å². The van der Waals surface area contributed by atoms with Gasteiger partial charge < -0.3 is 11.1 Å². The number of aromatic nitrogens is 1. The molecule has 0 radical (unpaired) electrons. The summed E-state index contributed by atoms with van der Waals surface area (Å²) in [6.45, 7) is 5.62. The van der Waals surface area contributed by atoms with Crippen molar-refractivity contribution in [2.75, 3.05) is 11.1 Å². The molecular formula is C14H17N3O. The Bertz CT molecular complexity index is 605. The summed E-state index contributed by atoms with van der Waals surface area (Å²) < 4.78 is 0. The number of carbonyl (C=O) groups excluding carboxylic acids is 1. The molecule has 0 saturated heterocycles. The van der Waals surface area contributed by atoms with Crippen LogP contribution in [0.4, 0.5) is 11.4 Å². The zero-order chi connectivity index (χ0) is 13.3. The number of nitrogens with two attached hydrogens (primary N) is 1. The number of benzene rings is 1. The Morgan fingerprint density at radius 3 is 2.72 bits per heavy atom. The van der Waals surface area contributed by atoms with Gasteiger partial charge in [-0.3, -0.25) is 9.78 Å². The van der Waals surface area contributed by atoms with Gasteiger partial charge in [0.1, 0.15) is 0 Å². The van der Waals surface area contributed by atoms with Gasteiger partial charge in [-0.1, -0.05) is 13.8 Å². The third kappa shape index (κ3) is 2.42. The minimum absolute atomic E-state index is 0.00649. The van der Waals surface area contributed by atoms with Gasteiger partial charge in [-0.15, -0.1) is 0 Å². The van der Waals surface area contributed by atoms with Crippen LogP contribution in [-0.4, -0.2) is 10.9 Å². The maximum atomic E-state index is 11.6. The standard InChI is InChI=1S/C14H17N3O/c1-8(2)14(18)17-10-4-5-13-11(7-10)12(15)6-9(3)16-13/h4-8H,1-3H3,(H2,15,16)(H,17,18). The average Bonchev–Trinajstić information content (AvgIpc) is 2.29. The highest BCUT2D eigenvalue weighted by molar-refractivity contribution is 5.97. The molecule has 1 aromatic heterocycles. The summed E-state index contributed by atoms with van der Waals surface area (Å²) in [5, 5.41) is 3.72. The molecule has 0 saturated carbocycles. The van der Waals surface area contributed by atoms with E-state index in [1.54, 1.807) is 0 Å². The third-order valence-electron chi connectivity index (χ3n) is 2.76. The largest absolute Gasteiger partial charge is 0.398 e. The lowest BCUT2D eigenvalue weighted by Crippen LogP contribution is -2.17. The van der Waals surface area contributed by atoms with Gasteiger partial charge in [0.15, 0.2) is 0 Å². The lowest BCUT2D eigenvalue weighted by atomic mass is 10.1. The predicted octanol–water partition coefficient (Wildman–Crippen LogP) is 2.72. The Kier molecular flexibility index (Phi) is 3.19. The summed E-state index contributed by atoms with van der Waals surface area (Å²) in [6.07, 6.45) is 0. The summed E-state index contributed by atoms with van der Waals surface area (Å²) >= 11 is 0. The van der Waals surface area contributed by atoms with Crippen molar-refractivity contribution in [2.45, 2.75) is 20.8 Å². The second kappa shape index (κ2) is 4.64. The maximum Gasteiger partial charge on any atom is 0.226 e. The third-order valence-corrected chi connectivity index (χ3v) is 2.76. The van der Waals surface area contributed by atoms with Crippen LogP contribution in [0.1, 0.15) is 19.5 Å².